The number of rotatable bonds is 4. The Bertz CT molecular complexity index is 609. The molecule has 0 fully saturated rings. The summed E-state index contributed by atoms with van der Waals surface area (Å²) in [5.74, 6) is -0.860. The molecule has 22 heavy (non-hydrogen) atoms. The van der Waals surface area contributed by atoms with Gasteiger partial charge < -0.3 is 9.84 Å². The highest BCUT2D eigenvalue weighted by molar-refractivity contribution is 5.99. The van der Waals surface area contributed by atoms with Gasteiger partial charge in [-0.25, -0.2) is 17.6 Å². The Labute approximate surface area is 122 Å². The van der Waals surface area contributed by atoms with Crippen molar-refractivity contribution in [2.45, 2.75) is 25.0 Å². The number of carbonyl (C=O) groups excluding carboxylic acids is 1. The van der Waals surface area contributed by atoms with Crippen molar-refractivity contribution in [3.63, 3.8) is 0 Å². The molecule has 1 aliphatic rings. The molecule has 9 heteroatoms. The Hall–Kier alpha value is -2.16. The molecule has 0 aliphatic carbocycles. The summed E-state index contributed by atoms with van der Waals surface area (Å²) in [4.78, 5) is 12.2. The Morgan fingerprint density at radius 1 is 1.41 bits per heavy atom. The molecule has 5 nitrogen and oxygen atoms in total. The van der Waals surface area contributed by atoms with Crippen molar-refractivity contribution in [3.8, 4) is 5.75 Å². The third-order valence-electron chi connectivity index (χ3n) is 3.15. The van der Waals surface area contributed by atoms with Crippen molar-refractivity contribution in [1.29, 1.82) is 0 Å². The number of halogens is 4. The number of hydrogen-bond acceptors (Lipinski definition) is 4. The Balaban J connectivity index is 2.39. The Morgan fingerprint density at radius 2 is 2.09 bits per heavy atom. The average Bonchev–Trinajstić information content (AvgIpc) is 2.86. The second-order valence-corrected chi connectivity index (χ2v) is 4.60. The first-order valence-corrected chi connectivity index (χ1v) is 6.14. The summed E-state index contributed by atoms with van der Waals surface area (Å²) in [6.45, 7) is 0. The van der Waals surface area contributed by atoms with Gasteiger partial charge in [0.05, 0.1) is 7.11 Å². The van der Waals surface area contributed by atoms with Gasteiger partial charge in [-0.05, 0) is 18.2 Å². The minimum absolute atomic E-state index is 0.00787. The van der Waals surface area contributed by atoms with Crippen molar-refractivity contribution in [3.05, 3.63) is 29.8 Å². The fourth-order valence-corrected chi connectivity index (χ4v) is 1.98. The van der Waals surface area contributed by atoms with Gasteiger partial charge in [0, 0.05) is 12.0 Å². The van der Waals surface area contributed by atoms with Crippen LogP contribution < -0.4 is 4.74 Å². The quantitative estimate of drug-likeness (QED) is 0.865. The van der Waals surface area contributed by atoms with Crippen molar-refractivity contribution in [2.24, 2.45) is 5.10 Å². The van der Waals surface area contributed by atoms with Gasteiger partial charge in [-0.15, -0.1) is 0 Å². The number of alkyl halides is 4. The zero-order valence-corrected chi connectivity index (χ0v) is 11.3. The molecule has 1 aliphatic heterocycles. The van der Waals surface area contributed by atoms with E-state index in [4.69, 9.17) is 4.74 Å². The van der Waals surface area contributed by atoms with Gasteiger partial charge in [0.1, 0.15) is 11.5 Å². The van der Waals surface area contributed by atoms with E-state index in [0.29, 0.717) is 0 Å². The molecule has 1 unspecified atom stereocenters. The van der Waals surface area contributed by atoms with E-state index in [0.717, 1.165) is 0 Å². The highest BCUT2D eigenvalue weighted by Gasteiger charge is 2.53. The molecule has 1 amide bonds. The van der Waals surface area contributed by atoms with Crippen molar-refractivity contribution in [1.82, 2.24) is 5.01 Å². The van der Waals surface area contributed by atoms with Gasteiger partial charge in [0.25, 0.3) is 18.8 Å². The van der Waals surface area contributed by atoms with Crippen LogP contribution >= 0.6 is 0 Å². The van der Waals surface area contributed by atoms with Crippen LogP contribution in [-0.4, -0.2) is 47.4 Å². The highest BCUT2D eigenvalue weighted by Crippen LogP contribution is 2.34. The SMILES string of the molecule is COc1cccc(C(=O)N2N=C(C(F)F)CC2(O)C(F)F)c1. The molecule has 0 spiro atoms. The maximum atomic E-state index is 13.0. The topological polar surface area (TPSA) is 62.1 Å². The van der Waals surface area contributed by atoms with E-state index in [9.17, 15) is 27.5 Å². The summed E-state index contributed by atoms with van der Waals surface area (Å²) >= 11 is 0. The molecule has 0 saturated carbocycles. The lowest BCUT2D eigenvalue weighted by molar-refractivity contribution is -0.164. The van der Waals surface area contributed by atoms with Gasteiger partial charge in [0.2, 0.25) is 5.72 Å². The van der Waals surface area contributed by atoms with Gasteiger partial charge >= 0.3 is 0 Å². The van der Waals surface area contributed by atoms with E-state index in [1.54, 1.807) is 0 Å². The first-order valence-electron chi connectivity index (χ1n) is 6.14. The van der Waals surface area contributed by atoms with Gasteiger partial charge in [0.15, 0.2) is 0 Å². The monoisotopic (exact) mass is 320 g/mol. The predicted molar refractivity (Wildman–Crippen MR) is 68.2 cm³/mol. The van der Waals surface area contributed by atoms with E-state index < -0.39 is 36.6 Å². The van der Waals surface area contributed by atoms with Crippen molar-refractivity contribution >= 4 is 11.6 Å². The molecule has 0 aromatic heterocycles. The Kier molecular flexibility index (Phi) is 4.36. The van der Waals surface area contributed by atoms with Crippen LogP contribution in [0, 0.1) is 0 Å². The van der Waals surface area contributed by atoms with Crippen LogP contribution in [0.4, 0.5) is 17.6 Å². The van der Waals surface area contributed by atoms with E-state index >= 15 is 0 Å². The Morgan fingerprint density at radius 3 is 2.64 bits per heavy atom. The summed E-state index contributed by atoms with van der Waals surface area (Å²) in [7, 11) is 1.34. The number of ether oxygens (including phenoxy) is 1. The largest absolute Gasteiger partial charge is 0.497 e. The van der Waals surface area contributed by atoms with E-state index in [1.165, 1.54) is 31.4 Å². The van der Waals surface area contributed by atoms with Gasteiger partial charge in [-0.2, -0.15) is 10.1 Å². The summed E-state index contributed by atoms with van der Waals surface area (Å²) in [5.41, 5.74) is -4.19. The fourth-order valence-electron chi connectivity index (χ4n) is 1.98. The summed E-state index contributed by atoms with van der Waals surface area (Å²) in [6.07, 6.45) is -7.71. The maximum Gasteiger partial charge on any atom is 0.287 e. The first-order chi connectivity index (χ1) is 10.3. The number of carbonyl (C=O) groups is 1. The molecular weight excluding hydrogens is 308 g/mol. The van der Waals surface area contributed by atoms with Crippen molar-refractivity contribution in [2.75, 3.05) is 7.11 Å². The molecule has 120 valence electrons. The number of hydrazone groups is 1. The van der Waals surface area contributed by atoms with E-state index in [2.05, 4.69) is 5.10 Å². The normalized spacial score (nSPS) is 21.5. The summed E-state index contributed by atoms with van der Waals surface area (Å²) < 4.78 is 56.3. The molecule has 1 heterocycles. The number of hydrogen-bond donors (Lipinski definition) is 1. The second kappa shape index (κ2) is 5.91. The van der Waals surface area contributed by atoms with E-state index in [-0.39, 0.29) is 16.3 Å². The lowest BCUT2D eigenvalue weighted by atomic mass is 10.1. The zero-order valence-electron chi connectivity index (χ0n) is 11.3. The molecular formula is C13H12F4N2O3. The number of methoxy groups -OCH3 is 1. The van der Waals surface area contributed by atoms with Crippen LogP contribution in [0.5, 0.6) is 5.75 Å². The third-order valence-corrected chi connectivity index (χ3v) is 3.15. The number of aliphatic hydroxyl groups is 1. The maximum absolute atomic E-state index is 13.0. The smallest absolute Gasteiger partial charge is 0.287 e. The average molecular weight is 320 g/mol. The molecule has 0 radical (unpaired) electrons. The second-order valence-electron chi connectivity index (χ2n) is 4.60. The van der Waals surface area contributed by atoms with Crippen LogP contribution in [0.3, 0.4) is 0 Å². The van der Waals surface area contributed by atoms with E-state index in [1.807, 2.05) is 0 Å². The lowest BCUT2D eigenvalue weighted by Crippen LogP contribution is -2.51. The fraction of sp³-hybridized carbons (Fsp3) is 0.385. The lowest BCUT2D eigenvalue weighted by Gasteiger charge is -2.30. The standard InChI is InChI=1S/C13H12F4N2O3/c1-22-8-4-2-3-7(5-8)11(20)19-13(21,12(16)17)6-9(18-19)10(14)15/h2-5,10,12,21H,6H2,1H3. The van der Waals surface area contributed by atoms with Gasteiger partial charge in [-0.3, -0.25) is 4.79 Å². The molecule has 2 rings (SSSR count). The van der Waals surface area contributed by atoms with Crippen LogP contribution in [0.2, 0.25) is 0 Å². The van der Waals surface area contributed by atoms with Crippen LogP contribution in [0.15, 0.2) is 29.4 Å². The predicted octanol–water partition coefficient (Wildman–Crippen LogP) is 2.12. The number of benzene rings is 1. The van der Waals surface area contributed by atoms with Crippen LogP contribution in [0.1, 0.15) is 16.8 Å². The molecule has 0 bridgehead atoms. The van der Waals surface area contributed by atoms with Crippen LogP contribution in [0.25, 0.3) is 0 Å². The van der Waals surface area contributed by atoms with Crippen molar-refractivity contribution < 1.29 is 32.2 Å². The molecule has 1 aromatic rings. The number of amides is 1. The molecule has 0 saturated heterocycles. The summed E-state index contributed by atoms with van der Waals surface area (Å²) in [5, 5.41) is 13.1. The molecule has 1 N–H and O–H groups in total. The zero-order chi connectivity index (χ0) is 16.5. The van der Waals surface area contributed by atoms with Crippen LogP contribution in [-0.2, 0) is 0 Å². The molecule has 1 aromatic carbocycles. The van der Waals surface area contributed by atoms with Gasteiger partial charge in [-0.1, -0.05) is 6.07 Å². The minimum Gasteiger partial charge on any atom is -0.497 e. The minimum atomic E-state index is -3.46. The molecule has 1 atom stereocenters. The summed E-state index contributed by atoms with van der Waals surface area (Å²) in [6, 6.07) is 5.42. The first kappa shape index (κ1) is 16.2. The third kappa shape index (κ3) is 2.76. The number of nitrogens with zero attached hydrogens (tertiary/aromatic N) is 2. The highest BCUT2D eigenvalue weighted by atomic mass is 19.3.